The highest BCUT2D eigenvalue weighted by molar-refractivity contribution is 9.10. The molecule has 3 rings (SSSR count). The van der Waals surface area contributed by atoms with E-state index in [1.165, 1.54) is 0 Å². The van der Waals surface area contributed by atoms with Gasteiger partial charge < -0.3 is 14.1 Å². The fourth-order valence-corrected chi connectivity index (χ4v) is 3.06. The standard InChI is InChI=1S/C12H14BrNO3/c13-11-5-4-10(17-11)12(15)14-6-7-16-9-3-1-2-8(9)14/h4-5,8-9H,1-3,6-7H2/t8-,9+/m0/s1. The van der Waals surface area contributed by atoms with E-state index in [0.29, 0.717) is 23.6 Å². The number of nitrogens with zero attached hydrogens (tertiary/aromatic N) is 1. The van der Waals surface area contributed by atoms with E-state index in [-0.39, 0.29) is 18.1 Å². The van der Waals surface area contributed by atoms with E-state index in [9.17, 15) is 4.79 Å². The molecule has 5 heteroatoms. The van der Waals surface area contributed by atoms with Gasteiger partial charge >= 0.3 is 0 Å². The molecule has 2 aliphatic rings. The lowest BCUT2D eigenvalue weighted by Crippen LogP contribution is -2.51. The average molecular weight is 300 g/mol. The van der Waals surface area contributed by atoms with Gasteiger partial charge in [-0.25, -0.2) is 0 Å². The number of halogens is 1. The van der Waals surface area contributed by atoms with E-state index in [2.05, 4.69) is 15.9 Å². The number of fused-ring (bicyclic) bond motifs is 1. The van der Waals surface area contributed by atoms with Gasteiger partial charge in [-0.1, -0.05) is 0 Å². The van der Waals surface area contributed by atoms with E-state index in [1.807, 2.05) is 4.90 Å². The molecule has 1 aliphatic heterocycles. The molecular weight excluding hydrogens is 286 g/mol. The molecule has 0 radical (unpaired) electrons. The maximum atomic E-state index is 12.3. The van der Waals surface area contributed by atoms with Crippen molar-refractivity contribution in [1.29, 1.82) is 0 Å². The number of amides is 1. The van der Waals surface area contributed by atoms with E-state index in [1.54, 1.807) is 12.1 Å². The zero-order valence-electron chi connectivity index (χ0n) is 9.39. The molecule has 1 aromatic heterocycles. The lowest BCUT2D eigenvalue weighted by Gasteiger charge is -2.37. The average Bonchev–Trinajstić information content (AvgIpc) is 2.95. The molecule has 4 nitrogen and oxygen atoms in total. The summed E-state index contributed by atoms with van der Waals surface area (Å²) < 4.78 is 11.6. The third-order valence-corrected chi connectivity index (χ3v) is 3.95. The molecule has 17 heavy (non-hydrogen) atoms. The van der Waals surface area contributed by atoms with E-state index >= 15 is 0 Å². The Balaban J connectivity index is 1.81. The quantitative estimate of drug-likeness (QED) is 0.800. The largest absolute Gasteiger partial charge is 0.444 e. The normalized spacial score (nSPS) is 28.2. The zero-order valence-corrected chi connectivity index (χ0v) is 11.0. The fourth-order valence-electron chi connectivity index (χ4n) is 2.75. The summed E-state index contributed by atoms with van der Waals surface area (Å²) in [5, 5.41) is 0. The lowest BCUT2D eigenvalue weighted by molar-refractivity contribution is -0.0454. The predicted molar refractivity (Wildman–Crippen MR) is 64.8 cm³/mol. The van der Waals surface area contributed by atoms with Crippen LogP contribution in [0.4, 0.5) is 0 Å². The highest BCUT2D eigenvalue weighted by atomic mass is 79.9. The lowest BCUT2D eigenvalue weighted by atomic mass is 10.1. The van der Waals surface area contributed by atoms with E-state index in [0.717, 1.165) is 19.3 Å². The molecule has 0 unspecified atom stereocenters. The van der Waals surface area contributed by atoms with Crippen LogP contribution in [0.1, 0.15) is 29.8 Å². The first kappa shape index (κ1) is 11.3. The SMILES string of the molecule is O=C(c1ccc(Br)o1)N1CCO[C@@H]2CCC[C@@H]21. The molecule has 2 fully saturated rings. The number of hydrogen-bond acceptors (Lipinski definition) is 3. The second-order valence-corrected chi connectivity index (χ2v) is 5.29. The molecule has 1 saturated heterocycles. The number of hydrogen-bond donors (Lipinski definition) is 0. The van der Waals surface area contributed by atoms with Crippen molar-refractivity contribution < 1.29 is 13.9 Å². The van der Waals surface area contributed by atoms with Crippen LogP contribution in [0.5, 0.6) is 0 Å². The number of carbonyl (C=O) groups excluding carboxylic acids is 1. The number of morpholine rings is 1. The molecule has 1 aromatic rings. The van der Waals surface area contributed by atoms with Crippen molar-refractivity contribution in [2.24, 2.45) is 0 Å². The molecule has 92 valence electrons. The Labute approximate surface area is 108 Å². The van der Waals surface area contributed by atoms with Gasteiger partial charge in [-0.3, -0.25) is 4.79 Å². The maximum absolute atomic E-state index is 12.3. The topological polar surface area (TPSA) is 42.7 Å². The summed E-state index contributed by atoms with van der Waals surface area (Å²) in [6, 6.07) is 3.70. The Bertz CT molecular complexity index is 431. The van der Waals surface area contributed by atoms with Crippen LogP contribution in [-0.4, -0.2) is 36.1 Å². The Morgan fingerprint density at radius 1 is 1.41 bits per heavy atom. The first-order valence-corrected chi connectivity index (χ1v) is 6.73. The van der Waals surface area contributed by atoms with Gasteiger partial charge in [0.1, 0.15) is 0 Å². The van der Waals surface area contributed by atoms with Crippen molar-refractivity contribution in [3.8, 4) is 0 Å². The summed E-state index contributed by atoms with van der Waals surface area (Å²) in [5.41, 5.74) is 0. The monoisotopic (exact) mass is 299 g/mol. The van der Waals surface area contributed by atoms with Crippen LogP contribution < -0.4 is 0 Å². The van der Waals surface area contributed by atoms with Crippen molar-refractivity contribution in [3.05, 3.63) is 22.6 Å². The van der Waals surface area contributed by atoms with Crippen LogP contribution in [0, 0.1) is 0 Å². The highest BCUT2D eigenvalue weighted by Crippen LogP contribution is 2.31. The Morgan fingerprint density at radius 2 is 2.29 bits per heavy atom. The fraction of sp³-hybridized carbons (Fsp3) is 0.583. The predicted octanol–water partition coefficient (Wildman–Crippen LogP) is 2.44. The van der Waals surface area contributed by atoms with Gasteiger partial charge in [-0.05, 0) is 47.3 Å². The molecule has 0 bridgehead atoms. The van der Waals surface area contributed by atoms with Crippen LogP contribution in [0.2, 0.25) is 0 Å². The van der Waals surface area contributed by atoms with Crippen LogP contribution in [0.3, 0.4) is 0 Å². The van der Waals surface area contributed by atoms with Gasteiger partial charge in [-0.2, -0.15) is 0 Å². The van der Waals surface area contributed by atoms with Crippen molar-refractivity contribution in [2.75, 3.05) is 13.2 Å². The summed E-state index contributed by atoms with van der Waals surface area (Å²) >= 11 is 3.22. The summed E-state index contributed by atoms with van der Waals surface area (Å²) in [7, 11) is 0. The van der Waals surface area contributed by atoms with Crippen molar-refractivity contribution >= 4 is 21.8 Å². The Kier molecular flexibility index (Phi) is 2.96. The van der Waals surface area contributed by atoms with E-state index < -0.39 is 0 Å². The van der Waals surface area contributed by atoms with Crippen molar-refractivity contribution in [3.63, 3.8) is 0 Å². The second kappa shape index (κ2) is 4.46. The van der Waals surface area contributed by atoms with E-state index in [4.69, 9.17) is 9.15 Å². The zero-order chi connectivity index (χ0) is 11.8. The number of ether oxygens (including phenoxy) is 1. The van der Waals surface area contributed by atoms with Gasteiger partial charge in [0.15, 0.2) is 10.4 Å². The highest BCUT2D eigenvalue weighted by Gasteiger charge is 2.39. The Hall–Kier alpha value is -0.810. The molecule has 2 heterocycles. The molecule has 0 spiro atoms. The van der Waals surface area contributed by atoms with Gasteiger partial charge in [0, 0.05) is 6.54 Å². The van der Waals surface area contributed by atoms with Gasteiger partial charge in [-0.15, -0.1) is 0 Å². The molecule has 0 N–H and O–H groups in total. The summed E-state index contributed by atoms with van der Waals surface area (Å²) in [6.07, 6.45) is 3.47. The third kappa shape index (κ3) is 2.02. The van der Waals surface area contributed by atoms with Crippen molar-refractivity contribution in [1.82, 2.24) is 4.90 Å². The second-order valence-electron chi connectivity index (χ2n) is 4.51. The molecule has 2 atom stereocenters. The molecule has 1 aliphatic carbocycles. The minimum absolute atomic E-state index is 0.0177. The summed E-state index contributed by atoms with van der Waals surface area (Å²) in [4.78, 5) is 14.2. The van der Waals surface area contributed by atoms with Gasteiger partial charge in [0.25, 0.3) is 5.91 Å². The van der Waals surface area contributed by atoms with Crippen LogP contribution >= 0.6 is 15.9 Å². The minimum atomic E-state index is -0.0177. The molecule has 0 aromatic carbocycles. The molecule has 1 amide bonds. The summed E-state index contributed by atoms with van der Waals surface area (Å²) in [6.45, 7) is 1.30. The van der Waals surface area contributed by atoms with Crippen LogP contribution in [-0.2, 0) is 4.74 Å². The number of carbonyl (C=O) groups is 1. The third-order valence-electron chi connectivity index (χ3n) is 3.53. The molecular formula is C12H14BrNO3. The maximum Gasteiger partial charge on any atom is 0.290 e. The van der Waals surface area contributed by atoms with Crippen LogP contribution in [0.25, 0.3) is 0 Å². The smallest absolute Gasteiger partial charge is 0.290 e. The number of rotatable bonds is 1. The Morgan fingerprint density at radius 3 is 3.06 bits per heavy atom. The summed E-state index contributed by atoms with van der Waals surface area (Å²) in [5.74, 6) is 0.389. The molecule has 1 saturated carbocycles. The first-order chi connectivity index (χ1) is 8.25. The first-order valence-electron chi connectivity index (χ1n) is 5.93. The van der Waals surface area contributed by atoms with Gasteiger partial charge in [0.2, 0.25) is 0 Å². The van der Waals surface area contributed by atoms with Crippen molar-refractivity contribution in [2.45, 2.75) is 31.4 Å². The van der Waals surface area contributed by atoms with Gasteiger partial charge in [0.05, 0.1) is 18.8 Å². The van der Waals surface area contributed by atoms with Crippen LogP contribution in [0.15, 0.2) is 21.2 Å². The number of furan rings is 1. The minimum Gasteiger partial charge on any atom is -0.444 e.